The Labute approximate surface area is 218 Å². The number of anilines is 1. The quantitative estimate of drug-likeness (QED) is 0.448. The van der Waals surface area contributed by atoms with E-state index in [9.17, 15) is 14.0 Å². The number of hydrogen-bond donors (Lipinski definition) is 1. The number of nitrogens with zero attached hydrogens (tertiary/aromatic N) is 3. The lowest BCUT2D eigenvalue weighted by atomic mass is 10.00. The van der Waals surface area contributed by atoms with Crippen molar-refractivity contribution in [2.45, 2.75) is 63.4 Å². The first kappa shape index (κ1) is 27.4. The van der Waals surface area contributed by atoms with Crippen molar-refractivity contribution < 1.29 is 23.5 Å². The molecule has 1 atom stereocenters. The molecule has 2 aromatic rings. The van der Waals surface area contributed by atoms with E-state index in [1.165, 1.54) is 4.68 Å². The first-order chi connectivity index (χ1) is 16.1. The molecule has 35 heavy (non-hydrogen) atoms. The third-order valence-electron chi connectivity index (χ3n) is 5.35. The van der Waals surface area contributed by atoms with Crippen molar-refractivity contribution in [3.8, 4) is 5.69 Å². The maximum absolute atomic E-state index is 14.3. The number of aromatic nitrogens is 2. The number of aryl methyl sites for hydroxylation is 2. The van der Waals surface area contributed by atoms with Crippen molar-refractivity contribution in [3.63, 3.8) is 0 Å². The Morgan fingerprint density at radius 3 is 2.34 bits per heavy atom. The van der Waals surface area contributed by atoms with Crippen LogP contribution in [-0.4, -0.2) is 49.4 Å². The maximum Gasteiger partial charge on any atom is 0.412 e. The number of nitrogens with one attached hydrogen (secondary N) is 1. The van der Waals surface area contributed by atoms with Crippen LogP contribution in [0.15, 0.2) is 12.1 Å². The van der Waals surface area contributed by atoms with Crippen molar-refractivity contribution in [2.24, 2.45) is 0 Å². The second kappa shape index (κ2) is 10.0. The Balaban J connectivity index is 2.06. The third-order valence-corrected chi connectivity index (χ3v) is 5.68. The summed E-state index contributed by atoms with van der Waals surface area (Å²) in [7, 11) is 0. The molecule has 0 saturated heterocycles. The largest absolute Gasteiger partial charge is 0.445 e. The molecule has 0 saturated carbocycles. The third kappa shape index (κ3) is 6.51. The molecule has 12 heteroatoms. The molecule has 8 nitrogen and oxygen atoms in total. The fourth-order valence-corrected chi connectivity index (χ4v) is 4.04. The zero-order chi connectivity index (χ0) is 26.3. The van der Waals surface area contributed by atoms with Gasteiger partial charge in [-0.05, 0) is 64.8 Å². The van der Waals surface area contributed by atoms with E-state index in [4.69, 9.17) is 44.3 Å². The zero-order valence-corrected chi connectivity index (χ0v) is 22.6. The lowest BCUT2D eigenvalue weighted by Crippen LogP contribution is -2.42. The van der Waals surface area contributed by atoms with Crippen LogP contribution in [0.25, 0.3) is 5.69 Å². The monoisotopic (exact) mass is 548 g/mol. The lowest BCUT2D eigenvalue weighted by Gasteiger charge is -2.34. The van der Waals surface area contributed by atoms with Crippen LogP contribution in [-0.2, 0) is 15.9 Å². The van der Waals surface area contributed by atoms with E-state index in [0.29, 0.717) is 41.0 Å². The van der Waals surface area contributed by atoms with Gasteiger partial charge in [0, 0.05) is 18.5 Å². The number of hydrogen-bond acceptors (Lipinski definition) is 5. The van der Waals surface area contributed by atoms with Crippen LogP contribution in [0.2, 0.25) is 0 Å². The summed E-state index contributed by atoms with van der Waals surface area (Å²) in [6.45, 7) is 10.4. The first-order valence-electron chi connectivity index (χ1n) is 11.0. The minimum atomic E-state index is -1.79. The standard InChI is InChI=1S/C23H28Cl3FN4O4/c1-12-9-15(10-13(2)18(12)27)31-19(28-20(32)34-11-23(24,25)26)17-14(3)30(8-7-16(17)29-31)21(33)35-22(4,5)6/h9-10,14H,7-8,11H2,1-6H3,(H,28,32)/t14-/m0/s1. The Kier molecular flexibility index (Phi) is 7.84. The fourth-order valence-electron chi connectivity index (χ4n) is 3.88. The highest BCUT2D eigenvalue weighted by atomic mass is 35.6. The summed E-state index contributed by atoms with van der Waals surface area (Å²) in [4.78, 5) is 27.0. The van der Waals surface area contributed by atoms with Gasteiger partial charge in [0.1, 0.15) is 23.8 Å². The SMILES string of the molecule is Cc1cc(-n2nc3c(c2NC(=O)OCC(Cl)(Cl)Cl)[C@H](C)N(C(=O)OC(C)(C)C)CC3)cc(C)c1F. The van der Waals surface area contributed by atoms with Gasteiger partial charge >= 0.3 is 12.2 Å². The topological polar surface area (TPSA) is 85.7 Å². The molecule has 1 aromatic carbocycles. The summed E-state index contributed by atoms with van der Waals surface area (Å²) in [6.07, 6.45) is -0.942. The number of amides is 2. The van der Waals surface area contributed by atoms with E-state index in [-0.39, 0.29) is 11.6 Å². The van der Waals surface area contributed by atoms with Gasteiger partial charge in [0.15, 0.2) is 0 Å². The molecule has 1 aromatic heterocycles. The predicted molar refractivity (Wildman–Crippen MR) is 133 cm³/mol. The summed E-state index contributed by atoms with van der Waals surface area (Å²) in [5, 5.41) is 7.35. The molecule has 2 heterocycles. The van der Waals surface area contributed by atoms with Gasteiger partial charge in [0.05, 0.1) is 17.4 Å². The Bertz CT molecular complexity index is 1120. The van der Waals surface area contributed by atoms with Gasteiger partial charge in [-0.3, -0.25) is 5.32 Å². The van der Waals surface area contributed by atoms with Crippen molar-refractivity contribution in [3.05, 3.63) is 40.3 Å². The van der Waals surface area contributed by atoms with Gasteiger partial charge in [-0.15, -0.1) is 0 Å². The number of carbonyl (C=O) groups is 2. The predicted octanol–water partition coefficient (Wildman–Crippen LogP) is 6.40. The summed E-state index contributed by atoms with van der Waals surface area (Å²) >= 11 is 17.1. The van der Waals surface area contributed by atoms with Gasteiger partial charge in [0.25, 0.3) is 0 Å². The average Bonchev–Trinajstić information content (AvgIpc) is 3.07. The van der Waals surface area contributed by atoms with Crippen LogP contribution in [0.1, 0.15) is 56.1 Å². The minimum Gasteiger partial charge on any atom is -0.445 e. The van der Waals surface area contributed by atoms with Crippen molar-refractivity contribution in [1.82, 2.24) is 14.7 Å². The minimum absolute atomic E-state index is 0.264. The summed E-state index contributed by atoms with van der Waals surface area (Å²) < 4.78 is 24.6. The normalized spacial score (nSPS) is 16.1. The molecule has 1 aliphatic rings. The Hall–Kier alpha value is -2.23. The Morgan fingerprint density at radius 1 is 1.20 bits per heavy atom. The second-order valence-electron chi connectivity index (χ2n) is 9.43. The van der Waals surface area contributed by atoms with E-state index in [1.807, 2.05) is 6.92 Å². The van der Waals surface area contributed by atoms with E-state index >= 15 is 0 Å². The van der Waals surface area contributed by atoms with Gasteiger partial charge in [-0.1, -0.05) is 34.8 Å². The van der Waals surface area contributed by atoms with Crippen LogP contribution in [0.5, 0.6) is 0 Å². The van der Waals surface area contributed by atoms with Gasteiger partial charge in [-0.2, -0.15) is 5.10 Å². The number of carbonyl (C=O) groups excluding carboxylic acids is 2. The smallest absolute Gasteiger partial charge is 0.412 e. The van der Waals surface area contributed by atoms with Gasteiger partial charge in [-0.25, -0.2) is 18.7 Å². The van der Waals surface area contributed by atoms with E-state index in [2.05, 4.69) is 10.4 Å². The highest BCUT2D eigenvalue weighted by molar-refractivity contribution is 6.67. The molecule has 0 radical (unpaired) electrons. The van der Waals surface area contributed by atoms with Gasteiger partial charge in [0.2, 0.25) is 3.79 Å². The van der Waals surface area contributed by atoms with Crippen molar-refractivity contribution >= 4 is 52.8 Å². The Morgan fingerprint density at radius 2 is 1.80 bits per heavy atom. The highest BCUT2D eigenvalue weighted by Gasteiger charge is 2.36. The number of fused-ring (bicyclic) bond motifs is 1. The van der Waals surface area contributed by atoms with E-state index in [1.54, 1.807) is 51.7 Å². The number of alkyl halides is 3. The number of benzene rings is 1. The van der Waals surface area contributed by atoms with Crippen LogP contribution < -0.4 is 5.32 Å². The van der Waals surface area contributed by atoms with E-state index in [0.717, 1.165) is 0 Å². The molecule has 0 bridgehead atoms. The van der Waals surface area contributed by atoms with Crippen LogP contribution in [0.3, 0.4) is 0 Å². The van der Waals surface area contributed by atoms with Gasteiger partial charge < -0.3 is 14.4 Å². The molecular formula is C23H28Cl3FN4O4. The molecule has 1 aliphatic heterocycles. The molecule has 0 fully saturated rings. The molecule has 2 amide bonds. The summed E-state index contributed by atoms with van der Waals surface area (Å²) in [6, 6.07) is 2.75. The van der Waals surface area contributed by atoms with E-state index < -0.39 is 34.2 Å². The van der Waals surface area contributed by atoms with Crippen LogP contribution in [0, 0.1) is 19.7 Å². The first-order valence-corrected chi connectivity index (χ1v) is 12.1. The van der Waals surface area contributed by atoms with Crippen molar-refractivity contribution in [1.29, 1.82) is 0 Å². The van der Waals surface area contributed by atoms with Crippen LogP contribution >= 0.6 is 34.8 Å². The average molecular weight is 550 g/mol. The zero-order valence-electron chi connectivity index (χ0n) is 20.3. The molecule has 0 aliphatic carbocycles. The lowest BCUT2D eigenvalue weighted by molar-refractivity contribution is 0.0160. The molecule has 0 spiro atoms. The highest BCUT2D eigenvalue weighted by Crippen LogP contribution is 2.38. The molecular weight excluding hydrogens is 522 g/mol. The number of halogens is 4. The summed E-state index contributed by atoms with van der Waals surface area (Å²) in [5.74, 6) is -0.0628. The number of rotatable bonds is 3. The summed E-state index contributed by atoms with van der Waals surface area (Å²) in [5.41, 5.74) is 1.97. The second-order valence-corrected chi connectivity index (χ2v) is 11.9. The fraction of sp³-hybridized carbons (Fsp3) is 0.522. The maximum atomic E-state index is 14.3. The molecule has 1 N–H and O–H groups in total. The molecule has 0 unspecified atom stereocenters. The molecule has 192 valence electrons. The van der Waals surface area contributed by atoms with Crippen LogP contribution in [0.4, 0.5) is 19.8 Å². The molecule has 3 rings (SSSR count). The van der Waals surface area contributed by atoms with Crippen molar-refractivity contribution in [2.75, 3.05) is 18.5 Å². The number of ether oxygens (including phenoxy) is 2.